The first-order valence-corrected chi connectivity index (χ1v) is 5.60. The molecule has 3 N–H and O–H groups in total. The fraction of sp³-hybridized carbons (Fsp3) is 0.800. The third-order valence-electron chi connectivity index (χ3n) is 2.18. The van der Waals surface area contributed by atoms with Crippen LogP contribution in [0.25, 0.3) is 0 Å². The van der Waals surface area contributed by atoms with Gasteiger partial charge in [-0.3, -0.25) is 0 Å². The molecule has 9 heteroatoms. The van der Waals surface area contributed by atoms with Crippen LogP contribution in [-0.4, -0.2) is 49.6 Å². The number of nitrogens with one attached hydrogen (secondary N) is 2. The van der Waals surface area contributed by atoms with Crippen molar-refractivity contribution >= 4 is 12.0 Å². The zero-order valence-electron chi connectivity index (χ0n) is 10.4. The Morgan fingerprint density at radius 1 is 1.26 bits per heavy atom. The third kappa shape index (κ3) is 10.1. The zero-order valence-corrected chi connectivity index (χ0v) is 10.4. The number of carbonyl (C=O) groups excluding carboxylic acids is 1. The number of aliphatic carboxylic acids is 1. The summed E-state index contributed by atoms with van der Waals surface area (Å²) in [4.78, 5) is 21.7. The average Bonchev–Trinajstić information content (AvgIpc) is 2.27. The van der Waals surface area contributed by atoms with Crippen molar-refractivity contribution in [1.29, 1.82) is 0 Å². The number of rotatable bonds is 8. The molecule has 0 aromatic rings. The van der Waals surface area contributed by atoms with E-state index < -0.39 is 30.7 Å². The summed E-state index contributed by atoms with van der Waals surface area (Å²) in [6.45, 7) is -0.132. The van der Waals surface area contributed by atoms with Crippen molar-refractivity contribution in [2.75, 3.05) is 20.2 Å². The van der Waals surface area contributed by atoms with E-state index in [0.717, 1.165) is 0 Å². The maximum atomic E-state index is 11.8. The standard InChI is InChI=1S/C10H17F3N2O4/c1-19-7(8(16)17)6-15-9(18)14-5-3-2-4-10(11,12)13/h7H,2-6H2,1H3,(H,16,17)(H2,14,15,18). The number of halogens is 3. The number of methoxy groups -OCH3 is 1. The number of amides is 2. The van der Waals surface area contributed by atoms with Gasteiger partial charge in [0, 0.05) is 20.1 Å². The molecule has 112 valence electrons. The highest BCUT2D eigenvalue weighted by atomic mass is 19.4. The van der Waals surface area contributed by atoms with Gasteiger partial charge in [0.25, 0.3) is 0 Å². The van der Waals surface area contributed by atoms with E-state index in [1.54, 1.807) is 0 Å². The maximum absolute atomic E-state index is 11.8. The number of carboxylic acids is 1. The van der Waals surface area contributed by atoms with Gasteiger partial charge in [0.1, 0.15) is 0 Å². The molecule has 0 aliphatic carbocycles. The molecule has 6 nitrogen and oxygen atoms in total. The first-order chi connectivity index (χ1) is 8.76. The molecule has 1 unspecified atom stereocenters. The van der Waals surface area contributed by atoms with Crippen molar-refractivity contribution in [3.63, 3.8) is 0 Å². The molecule has 0 aliphatic heterocycles. The highest BCUT2D eigenvalue weighted by Gasteiger charge is 2.25. The number of carbonyl (C=O) groups is 2. The van der Waals surface area contributed by atoms with Crippen LogP contribution in [0.15, 0.2) is 0 Å². The zero-order chi connectivity index (χ0) is 14.9. The molecule has 0 radical (unpaired) electrons. The van der Waals surface area contributed by atoms with Crippen molar-refractivity contribution in [3.05, 3.63) is 0 Å². The lowest BCUT2D eigenvalue weighted by molar-refractivity contribution is -0.148. The third-order valence-corrected chi connectivity index (χ3v) is 2.18. The van der Waals surface area contributed by atoms with E-state index in [9.17, 15) is 22.8 Å². The fourth-order valence-corrected chi connectivity index (χ4v) is 1.17. The SMILES string of the molecule is COC(CNC(=O)NCCCCC(F)(F)F)C(=O)O. The second-order valence-electron chi connectivity index (χ2n) is 3.77. The van der Waals surface area contributed by atoms with Crippen LogP contribution < -0.4 is 10.6 Å². The van der Waals surface area contributed by atoms with E-state index in [1.165, 1.54) is 7.11 Å². The molecule has 0 saturated carbocycles. The van der Waals surface area contributed by atoms with Crippen molar-refractivity contribution in [1.82, 2.24) is 10.6 Å². The predicted molar refractivity (Wildman–Crippen MR) is 59.7 cm³/mol. The quantitative estimate of drug-likeness (QED) is 0.583. The molecular formula is C10H17F3N2O4. The monoisotopic (exact) mass is 286 g/mol. The van der Waals surface area contributed by atoms with Gasteiger partial charge in [-0.1, -0.05) is 0 Å². The molecule has 0 spiro atoms. The summed E-state index contributed by atoms with van der Waals surface area (Å²) in [5.74, 6) is -1.21. The first-order valence-electron chi connectivity index (χ1n) is 5.60. The smallest absolute Gasteiger partial charge is 0.389 e. The molecule has 0 saturated heterocycles. The summed E-state index contributed by atoms with van der Waals surface area (Å²) >= 11 is 0. The van der Waals surface area contributed by atoms with Crippen LogP contribution >= 0.6 is 0 Å². The molecule has 2 amide bonds. The van der Waals surface area contributed by atoms with Crippen molar-refractivity contribution < 1.29 is 32.6 Å². The predicted octanol–water partition coefficient (Wildman–Crippen LogP) is 1.12. The molecule has 0 heterocycles. The van der Waals surface area contributed by atoms with Gasteiger partial charge in [-0.2, -0.15) is 13.2 Å². The van der Waals surface area contributed by atoms with E-state index in [-0.39, 0.29) is 25.9 Å². The number of hydrogen-bond acceptors (Lipinski definition) is 3. The van der Waals surface area contributed by atoms with Crippen LogP contribution in [-0.2, 0) is 9.53 Å². The lowest BCUT2D eigenvalue weighted by atomic mass is 10.2. The van der Waals surface area contributed by atoms with Crippen LogP contribution in [0.4, 0.5) is 18.0 Å². The number of carboxylic acid groups (broad SMARTS) is 1. The van der Waals surface area contributed by atoms with Crippen molar-refractivity contribution in [3.8, 4) is 0 Å². The summed E-state index contributed by atoms with van der Waals surface area (Å²) in [5, 5.41) is 13.2. The average molecular weight is 286 g/mol. The molecule has 0 fully saturated rings. The summed E-state index contributed by atoms with van der Waals surface area (Å²) in [5.41, 5.74) is 0. The molecule has 0 rings (SSSR count). The van der Waals surface area contributed by atoms with Crippen LogP contribution in [0, 0.1) is 0 Å². The Morgan fingerprint density at radius 3 is 2.37 bits per heavy atom. The van der Waals surface area contributed by atoms with Crippen molar-refractivity contribution in [2.45, 2.75) is 31.5 Å². The Hall–Kier alpha value is -1.51. The van der Waals surface area contributed by atoms with E-state index >= 15 is 0 Å². The van der Waals surface area contributed by atoms with Gasteiger partial charge in [0.05, 0.1) is 6.54 Å². The van der Waals surface area contributed by atoms with Gasteiger partial charge in [0.15, 0.2) is 6.10 Å². The lowest BCUT2D eigenvalue weighted by Gasteiger charge is -2.12. The maximum Gasteiger partial charge on any atom is 0.389 e. The Kier molecular flexibility index (Phi) is 7.89. The van der Waals surface area contributed by atoms with Gasteiger partial charge in [0.2, 0.25) is 0 Å². The van der Waals surface area contributed by atoms with E-state index in [2.05, 4.69) is 15.4 Å². The summed E-state index contributed by atoms with van der Waals surface area (Å²) in [7, 11) is 1.19. The molecule has 1 atom stereocenters. The second-order valence-corrected chi connectivity index (χ2v) is 3.77. The molecule has 0 aromatic carbocycles. The van der Waals surface area contributed by atoms with E-state index in [1.807, 2.05) is 0 Å². The fourth-order valence-electron chi connectivity index (χ4n) is 1.17. The first kappa shape index (κ1) is 17.5. The Bertz CT molecular complexity index is 297. The van der Waals surface area contributed by atoms with Gasteiger partial charge in [-0.05, 0) is 12.8 Å². The van der Waals surface area contributed by atoms with Gasteiger partial charge in [-0.25, -0.2) is 9.59 Å². The summed E-state index contributed by atoms with van der Waals surface area (Å²) < 4.78 is 40.0. The number of alkyl halides is 3. The second kappa shape index (κ2) is 8.57. The summed E-state index contributed by atoms with van der Waals surface area (Å²) in [6, 6.07) is -0.643. The largest absolute Gasteiger partial charge is 0.479 e. The molecular weight excluding hydrogens is 269 g/mol. The Labute approximate surface area is 108 Å². The van der Waals surface area contributed by atoms with Crippen LogP contribution in [0.5, 0.6) is 0 Å². The number of urea groups is 1. The summed E-state index contributed by atoms with van der Waals surface area (Å²) in [6.07, 6.45) is -6.11. The lowest BCUT2D eigenvalue weighted by Crippen LogP contribution is -2.43. The van der Waals surface area contributed by atoms with Gasteiger partial charge < -0.3 is 20.5 Å². The van der Waals surface area contributed by atoms with E-state index in [4.69, 9.17) is 5.11 Å². The highest BCUT2D eigenvalue weighted by Crippen LogP contribution is 2.21. The Balaban J connectivity index is 3.63. The molecule has 0 aromatic heterocycles. The minimum Gasteiger partial charge on any atom is -0.479 e. The van der Waals surface area contributed by atoms with Crippen molar-refractivity contribution in [2.24, 2.45) is 0 Å². The molecule has 19 heavy (non-hydrogen) atoms. The van der Waals surface area contributed by atoms with Crippen LogP contribution in [0.1, 0.15) is 19.3 Å². The topological polar surface area (TPSA) is 87.7 Å². The Morgan fingerprint density at radius 2 is 1.89 bits per heavy atom. The number of ether oxygens (including phenoxy) is 1. The molecule has 0 aliphatic rings. The molecule has 0 bridgehead atoms. The van der Waals surface area contributed by atoms with Crippen LogP contribution in [0.2, 0.25) is 0 Å². The van der Waals surface area contributed by atoms with Gasteiger partial charge in [-0.15, -0.1) is 0 Å². The normalized spacial score (nSPS) is 12.8. The van der Waals surface area contributed by atoms with Crippen LogP contribution in [0.3, 0.4) is 0 Å². The van der Waals surface area contributed by atoms with E-state index in [0.29, 0.717) is 0 Å². The minimum absolute atomic E-state index is 0.0698. The minimum atomic E-state index is -4.19. The van der Waals surface area contributed by atoms with Gasteiger partial charge >= 0.3 is 18.2 Å². The number of unbranched alkanes of at least 4 members (excludes halogenated alkanes) is 1. The number of hydrogen-bond donors (Lipinski definition) is 3. The highest BCUT2D eigenvalue weighted by molar-refractivity contribution is 5.76.